The number of nitrogens with zero attached hydrogens (tertiary/aromatic N) is 1. The molecule has 3 nitrogen and oxygen atoms in total. The van der Waals surface area contributed by atoms with Gasteiger partial charge in [-0.15, -0.1) is 0 Å². The van der Waals surface area contributed by atoms with Gasteiger partial charge in [-0.3, -0.25) is 0 Å². The van der Waals surface area contributed by atoms with E-state index in [1.54, 1.807) is 0 Å². The van der Waals surface area contributed by atoms with Crippen LogP contribution in [-0.2, 0) is 12.8 Å². The van der Waals surface area contributed by atoms with E-state index < -0.39 is 0 Å². The zero-order chi connectivity index (χ0) is 21.0. The Labute approximate surface area is 189 Å². The van der Waals surface area contributed by atoms with E-state index in [2.05, 4.69) is 76.9 Å². The van der Waals surface area contributed by atoms with Crippen molar-refractivity contribution >= 4 is 23.1 Å². The number of hydrogen-bond donors (Lipinski definition) is 1. The van der Waals surface area contributed by atoms with Gasteiger partial charge in [0.05, 0.1) is 18.0 Å². The fraction of sp³-hybridized carbons (Fsp3) is 0.333. The van der Waals surface area contributed by atoms with Gasteiger partial charge in [0.25, 0.3) is 0 Å². The lowest BCUT2D eigenvalue weighted by atomic mass is 9.88. The highest BCUT2D eigenvalue weighted by Crippen LogP contribution is 2.47. The molecule has 31 heavy (non-hydrogen) atoms. The number of ether oxygens (including phenoxy) is 1. The summed E-state index contributed by atoms with van der Waals surface area (Å²) in [5, 5.41) is 3.83. The molecular formula is C27H30N2OS. The van der Waals surface area contributed by atoms with Crippen molar-refractivity contribution in [1.82, 2.24) is 5.32 Å². The highest BCUT2D eigenvalue weighted by Gasteiger charge is 2.23. The van der Waals surface area contributed by atoms with Gasteiger partial charge in [-0.2, -0.15) is 0 Å². The van der Waals surface area contributed by atoms with Crippen molar-refractivity contribution in [3.63, 3.8) is 0 Å². The van der Waals surface area contributed by atoms with Crippen LogP contribution in [0.15, 0.2) is 76.5 Å². The zero-order valence-electron chi connectivity index (χ0n) is 18.1. The molecule has 4 heteroatoms. The van der Waals surface area contributed by atoms with E-state index in [1.807, 2.05) is 18.7 Å². The fourth-order valence-electron chi connectivity index (χ4n) is 4.73. The molecule has 1 aliphatic carbocycles. The van der Waals surface area contributed by atoms with E-state index in [0.717, 1.165) is 44.7 Å². The van der Waals surface area contributed by atoms with Crippen LogP contribution in [0, 0.1) is 0 Å². The molecule has 0 bridgehead atoms. The highest BCUT2D eigenvalue weighted by atomic mass is 32.2. The molecule has 2 aliphatic rings. The van der Waals surface area contributed by atoms with Crippen molar-refractivity contribution in [1.29, 1.82) is 0 Å². The quantitative estimate of drug-likeness (QED) is 0.449. The van der Waals surface area contributed by atoms with Crippen LogP contribution in [0.25, 0.3) is 0 Å². The molecule has 0 saturated heterocycles. The first-order valence-corrected chi connectivity index (χ1v) is 12.2. The molecule has 0 fully saturated rings. The minimum absolute atomic E-state index is 0.556. The second kappa shape index (κ2) is 9.37. The molecule has 1 N–H and O–H groups in total. The van der Waals surface area contributed by atoms with E-state index >= 15 is 0 Å². The first-order valence-electron chi connectivity index (χ1n) is 11.4. The summed E-state index contributed by atoms with van der Waals surface area (Å²) in [5.41, 5.74) is 5.61. The standard InChI is InChI=1S/C27H30N2OS/c1-2-30-23-15-13-20-12-14-22(18-21(20)19-23)28-16-7-17-29-24-8-3-5-10-26(24)31-27-11-6-4-9-25(27)29/h3-6,8-11,13,15,19,22,28H,2,7,12,14,16-18H2,1H3. The number of anilines is 2. The first kappa shape index (κ1) is 20.5. The molecule has 0 radical (unpaired) electrons. The van der Waals surface area contributed by atoms with Crippen molar-refractivity contribution in [2.45, 2.75) is 48.4 Å². The summed E-state index contributed by atoms with van der Waals surface area (Å²) in [6.45, 7) is 4.84. The van der Waals surface area contributed by atoms with E-state index in [4.69, 9.17) is 4.74 Å². The number of para-hydroxylation sites is 2. The van der Waals surface area contributed by atoms with Crippen LogP contribution in [0.4, 0.5) is 11.4 Å². The average molecular weight is 431 g/mol. The molecule has 5 rings (SSSR count). The van der Waals surface area contributed by atoms with Crippen molar-refractivity contribution in [2.75, 3.05) is 24.6 Å². The highest BCUT2D eigenvalue weighted by molar-refractivity contribution is 7.99. The van der Waals surface area contributed by atoms with Crippen LogP contribution < -0.4 is 15.0 Å². The van der Waals surface area contributed by atoms with E-state index in [0.29, 0.717) is 6.04 Å². The molecular weight excluding hydrogens is 400 g/mol. The SMILES string of the molecule is CCOc1ccc2c(c1)CC(NCCCN1c3ccccc3Sc3ccccc31)CC2. The van der Waals surface area contributed by atoms with Crippen molar-refractivity contribution in [3.05, 3.63) is 77.9 Å². The van der Waals surface area contributed by atoms with Crippen molar-refractivity contribution < 1.29 is 4.74 Å². The van der Waals surface area contributed by atoms with Gasteiger partial charge in [0, 0.05) is 22.4 Å². The fourth-order valence-corrected chi connectivity index (χ4v) is 5.83. The Hall–Kier alpha value is -2.43. The number of hydrogen-bond acceptors (Lipinski definition) is 4. The molecule has 3 aromatic rings. The van der Waals surface area contributed by atoms with Crippen LogP contribution in [0.1, 0.15) is 30.9 Å². The molecule has 1 aliphatic heterocycles. The molecule has 1 unspecified atom stereocenters. The molecule has 1 atom stereocenters. The Balaban J connectivity index is 1.20. The Morgan fingerprint density at radius 2 is 1.71 bits per heavy atom. The predicted molar refractivity (Wildman–Crippen MR) is 130 cm³/mol. The maximum absolute atomic E-state index is 5.70. The smallest absolute Gasteiger partial charge is 0.119 e. The summed E-state index contributed by atoms with van der Waals surface area (Å²) < 4.78 is 5.70. The van der Waals surface area contributed by atoms with Gasteiger partial charge >= 0.3 is 0 Å². The van der Waals surface area contributed by atoms with Crippen LogP contribution in [0.2, 0.25) is 0 Å². The first-order chi connectivity index (χ1) is 15.3. The van der Waals surface area contributed by atoms with Crippen LogP contribution in [-0.4, -0.2) is 25.7 Å². The topological polar surface area (TPSA) is 24.5 Å². The normalized spacial score (nSPS) is 16.9. The number of aryl methyl sites for hydroxylation is 1. The summed E-state index contributed by atoms with van der Waals surface area (Å²) in [4.78, 5) is 5.19. The number of fused-ring (bicyclic) bond motifs is 3. The van der Waals surface area contributed by atoms with Crippen LogP contribution >= 0.6 is 11.8 Å². The van der Waals surface area contributed by atoms with Crippen LogP contribution in [0.5, 0.6) is 5.75 Å². The van der Waals surface area contributed by atoms with Crippen molar-refractivity contribution in [2.24, 2.45) is 0 Å². The molecule has 0 aromatic heterocycles. The maximum atomic E-state index is 5.70. The van der Waals surface area contributed by atoms with Gasteiger partial charge in [0.2, 0.25) is 0 Å². The molecule has 160 valence electrons. The molecule has 0 amide bonds. The molecule has 0 saturated carbocycles. The summed E-state index contributed by atoms with van der Waals surface area (Å²) in [6, 6.07) is 24.7. The largest absolute Gasteiger partial charge is 0.494 e. The summed E-state index contributed by atoms with van der Waals surface area (Å²) in [7, 11) is 0. The maximum Gasteiger partial charge on any atom is 0.119 e. The van der Waals surface area contributed by atoms with Crippen LogP contribution in [0.3, 0.4) is 0 Å². The molecule has 1 heterocycles. The Kier molecular flexibility index (Phi) is 6.19. The van der Waals surface area contributed by atoms with Gasteiger partial charge in [-0.05, 0) is 86.7 Å². The lowest BCUT2D eigenvalue weighted by Crippen LogP contribution is -2.36. The molecule has 3 aromatic carbocycles. The van der Waals surface area contributed by atoms with E-state index in [-0.39, 0.29) is 0 Å². The third-order valence-electron chi connectivity index (χ3n) is 6.24. The summed E-state index contributed by atoms with van der Waals surface area (Å²) >= 11 is 1.88. The minimum Gasteiger partial charge on any atom is -0.494 e. The number of rotatable bonds is 7. The Bertz CT molecular complexity index is 1010. The van der Waals surface area contributed by atoms with E-state index in [9.17, 15) is 0 Å². The van der Waals surface area contributed by atoms with Crippen molar-refractivity contribution in [3.8, 4) is 5.75 Å². The second-order valence-electron chi connectivity index (χ2n) is 8.30. The van der Waals surface area contributed by atoms with Gasteiger partial charge < -0.3 is 15.0 Å². The van der Waals surface area contributed by atoms with Gasteiger partial charge in [-0.25, -0.2) is 0 Å². The lowest BCUT2D eigenvalue weighted by molar-refractivity contribution is 0.339. The second-order valence-corrected chi connectivity index (χ2v) is 9.38. The lowest BCUT2D eigenvalue weighted by Gasteiger charge is -2.33. The number of nitrogens with one attached hydrogen (secondary N) is 1. The summed E-state index contributed by atoms with van der Waals surface area (Å²) in [6.07, 6.45) is 4.59. The third kappa shape index (κ3) is 4.46. The third-order valence-corrected chi connectivity index (χ3v) is 7.37. The van der Waals surface area contributed by atoms with Gasteiger partial charge in [0.1, 0.15) is 5.75 Å². The van der Waals surface area contributed by atoms with E-state index in [1.165, 1.54) is 38.7 Å². The Morgan fingerprint density at radius 3 is 2.45 bits per heavy atom. The molecule has 0 spiro atoms. The predicted octanol–water partition coefficient (Wildman–Crippen LogP) is 6.23. The Morgan fingerprint density at radius 1 is 0.968 bits per heavy atom. The van der Waals surface area contributed by atoms with Gasteiger partial charge in [0.15, 0.2) is 0 Å². The number of benzene rings is 3. The monoisotopic (exact) mass is 430 g/mol. The zero-order valence-corrected chi connectivity index (χ0v) is 19.0. The van der Waals surface area contributed by atoms with Gasteiger partial charge in [-0.1, -0.05) is 42.1 Å². The average Bonchev–Trinajstić information content (AvgIpc) is 2.81. The minimum atomic E-state index is 0.556. The summed E-state index contributed by atoms with van der Waals surface area (Å²) in [5.74, 6) is 1.00.